The lowest BCUT2D eigenvalue weighted by atomic mass is 9.99. The van der Waals surface area contributed by atoms with Crippen molar-refractivity contribution < 1.29 is 44.2 Å². The van der Waals surface area contributed by atoms with Crippen LogP contribution in [-0.4, -0.2) is 89.6 Å². The molecule has 0 spiro atoms. The first-order valence-electron chi connectivity index (χ1n) is 21.6. The van der Waals surface area contributed by atoms with E-state index in [2.05, 4.69) is 13.8 Å². The number of aliphatic hydroxyl groups is 4. The Bertz CT molecular complexity index is 752. The molecule has 51 heavy (non-hydrogen) atoms. The van der Waals surface area contributed by atoms with Gasteiger partial charge in [0.2, 0.25) is 0 Å². The second-order valence-corrected chi connectivity index (χ2v) is 15.2. The normalized spacial score (nSPS) is 21.3. The van der Waals surface area contributed by atoms with Crippen LogP contribution in [0.4, 0.5) is 0 Å². The zero-order valence-electron chi connectivity index (χ0n) is 33.1. The van der Waals surface area contributed by atoms with Crippen LogP contribution in [0.2, 0.25) is 0 Å². The molecule has 0 aromatic rings. The van der Waals surface area contributed by atoms with Crippen LogP contribution in [-0.2, 0) is 23.7 Å². The van der Waals surface area contributed by atoms with Gasteiger partial charge in [-0.1, -0.05) is 181 Å². The fourth-order valence-corrected chi connectivity index (χ4v) is 6.85. The van der Waals surface area contributed by atoms with Gasteiger partial charge >= 0.3 is 5.97 Å². The highest BCUT2D eigenvalue weighted by molar-refractivity contribution is 5.69. The first kappa shape index (κ1) is 48.2. The lowest BCUT2D eigenvalue weighted by Crippen LogP contribution is -2.59. The zero-order chi connectivity index (χ0) is 37.2. The van der Waals surface area contributed by atoms with Gasteiger partial charge in [-0.3, -0.25) is 4.79 Å². The number of hydrogen-bond acceptors (Lipinski definition) is 9. The van der Waals surface area contributed by atoms with Crippen LogP contribution in [0.3, 0.4) is 0 Å². The van der Waals surface area contributed by atoms with Gasteiger partial charge in [-0.15, -0.1) is 0 Å². The number of hydrogen-bond donors (Lipinski definition) is 4. The van der Waals surface area contributed by atoms with Gasteiger partial charge in [0.1, 0.15) is 30.5 Å². The SMILES string of the molecule is CCCCCCCCCCCCCCCCCCCCCCCCOCC(COC1OC(CO)C(O)C(O)C1O)OC(=O)CCCCCCCC. The van der Waals surface area contributed by atoms with Crippen LogP contribution in [0.15, 0.2) is 0 Å². The van der Waals surface area contributed by atoms with E-state index in [1.54, 1.807) is 0 Å². The number of rotatable bonds is 37. The predicted molar refractivity (Wildman–Crippen MR) is 206 cm³/mol. The molecule has 0 radical (unpaired) electrons. The summed E-state index contributed by atoms with van der Waals surface area (Å²) >= 11 is 0. The van der Waals surface area contributed by atoms with Gasteiger partial charge in [0.25, 0.3) is 0 Å². The maximum atomic E-state index is 12.6. The Morgan fingerprint density at radius 2 is 0.961 bits per heavy atom. The number of carbonyl (C=O) groups excluding carboxylic acids is 1. The highest BCUT2D eigenvalue weighted by Gasteiger charge is 2.44. The molecule has 1 saturated heterocycles. The quantitative estimate of drug-likeness (QED) is 0.0365. The van der Waals surface area contributed by atoms with Gasteiger partial charge in [-0.2, -0.15) is 0 Å². The zero-order valence-corrected chi connectivity index (χ0v) is 33.1. The lowest BCUT2D eigenvalue weighted by Gasteiger charge is -2.39. The Balaban J connectivity index is 2.11. The molecule has 1 heterocycles. The molecule has 1 fully saturated rings. The molecule has 9 nitrogen and oxygen atoms in total. The van der Waals surface area contributed by atoms with Crippen molar-refractivity contribution in [2.75, 3.05) is 26.4 Å². The molecule has 0 saturated carbocycles. The fourth-order valence-electron chi connectivity index (χ4n) is 6.85. The predicted octanol–water partition coefficient (Wildman–Crippen LogP) is 9.08. The highest BCUT2D eigenvalue weighted by atomic mass is 16.7. The third-order valence-electron chi connectivity index (χ3n) is 10.3. The second-order valence-electron chi connectivity index (χ2n) is 15.2. The van der Waals surface area contributed by atoms with Crippen molar-refractivity contribution in [1.29, 1.82) is 0 Å². The van der Waals surface area contributed by atoms with E-state index < -0.39 is 43.4 Å². The Morgan fingerprint density at radius 3 is 1.39 bits per heavy atom. The largest absolute Gasteiger partial charge is 0.457 e. The molecule has 304 valence electrons. The number of carbonyl (C=O) groups is 1. The Morgan fingerprint density at radius 1 is 0.549 bits per heavy atom. The van der Waals surface area contributed by atoms with Crippen LogP contribution >= 0.6 is 0 Å². The summed E-state index contributed by atoms with van der Waals surface area (Å²) in [5.41, 5.74) is 0. The molecule has 1 rings (SSSR count). The summed E-state index contributed by atoms with van der Waals surface area (Å²) < 4.78 is 22.7. The molecular weight excluding hydrogens is 648 g/mol. The summed E-state index contributed by atoms with van der Waals surface area (Å²) in [5, 5.41) is 39.9. The first-order chi connectivity index (χ1) is 24.9. The molecule has 6 unspecified atom stereocenters. The summed E-state index contributed by atoms with van der Waals surface area (Å²) in [5.74, 6) is -0.319. The monoisotopic (exact) mass is 731 g/mol. The van der Waals surface area contributed by atoms with E-state index in [4.69, 9.17) is 18.9 Å². The van der Waals surface area contributed by atoms with Crippen molar-refractivity contribution in [2.45, 2.75) is 237 Å². The van der Waals surface area contributed by atoms with Crippen molar-refractivity contribution >= 4 is 5.97 Å². The van der Waals surface area contributed by atoms with Crippen molar-refractivity contribution in [2.24, 2.45) is 0 Å². The van der Waals surface area contributed by atoms with Gasteiger partial charge < -0.3 is 39.4 Å². The lowest BCUT2D eigenvalue weighted by molar-refractivity contribution is -0.305. The van der Waals surface area contributed by atoms with E-state index in [-0.39, 0.29) is 19.2 Å². The maximum Gasteiger partial charge on any atom is 0.306 e. The smallest absolute Gasteiger partial charge is 0.306 e. The van der Waals surface area contributed by atoms with Crippen molar-refractivity contribution in [3.8, 4) is 0 Å². The summed E-state index contributed by atoms with van der Waals surface area (Å²) in [7, 11) is 0. The summed E-state index contributed by atoms with van der Waals surface area (Å²) in [6, 6.07) is 0. The standard InChI is InChI=1S/C42H82O9/c1-3-5-7-9-11-12-13-14-15-16-17-18-19-20-21-22-23-24-25-26-28-30-32-48-34-36(50-38(44)31-29-27-10-8-6-4-2)35-49-42-41(47)40(46)39(45)37(33-43)51-42/h36-37,39-43,45-47H,3-35H2,1-2H3. The third kappa shape index (κ3) is 26.6. The highest BCUT2D eigenvalue weighted by Crippen LogP contribution is 2.23. The van der Waals surface area contributed by atoms with Crippen molar-refractivity contribution in [3.63, 3.8) is 0 Å². The Labute approximate surface area is 312 Å². The molecule has 0 amide bonds. The fraction of sp³-hybridized carbons (Fsp3) is 0.976. The molecule has 4 N–H and O–H groups in total. The second kappa shape index (κ2) is 34.9. The van der Waals surface area contributed by atoms with E-state index in [1.807, 2.05) is 0 Å². The van der Waals surface area contributed by atoms with E-state index >= 15 is 0 Å². The minimum Gasteiger partial charge on any atom is -0.457 e. The molecule has 0 bridgehead atoms. The minimum atomic E-state index is -1.53. The van der Waals surface area contributed by atoms with Crippen LogP contribution < -0.4 is 0 Å². The van der Waals surface area contributed by atoms with E-state index in [9.17, 15) is 25.2 Å². The number of aliphatic hydroxyl groups excluding tert-OH is 4. The van der Waals surface area contributed by atoms with Crippen LogP contribution in [0.1, 0.15) is 200 Å². The van der Waals surface area contributed by atoms with E-state index in [0.717, 1.165) is 32.1 Å². The Kier molecular flexibility index (Phi) is 33.0. The van der Waals surface area contributed by atoms with Gasteiger partial charge in [0.05, 0.1) is 19.8 Å². The summed E-state index contributed by atoms with van der Waals surface area (Å²) in [6.45, 7) is 4.53. The average molecular weight is 731 g/mol. The van der Waals surface area contributed by atoms with Crippen LogP contribution in [0.5, 0.6) is 0 Å². The minimum absolute atomic E-state index is 0.107. The average Bonchev–Trinajstić information content (AvgIpc) is 3.13. The van der Waals surface area contributed by atoms with Gasteiger partial charge in [0.15, 0.2) is 6.29 Å². The van der Waals surface area contributed by atoms with Gasteiger partial charge in [-0.25, -0.2) is 0 Å². The van der Waals surface area contributed by atoms with E-state index in [1.165, 1.54) is 148 Å². The van der Waals surface area contributed by atoms with Crippen LogP contribution in [0, 0.1) is 0 Å². The molecule has 0 aromatic carbocycles. The summed E-state index contributed by atoms with van der Waals surface area (Å²) in [4.78, 5) is 12.6. The topological polar surface area (TPSA) is 135 Å². The number of unbranched alkanes of at least 4 members (excludes halogenated alkanes) is 26. The third-order valence-corrected chi connectivity index (χ3v) is 10.3. The van der Waals surface area contributed by atoms with E-state index in [0.29, 0.717) is 13.0 Å². The molecule has 0 aliphatic carbocycles. The Hall–Kier alpha value is -0.810. The molecule has 9 heteroatoms. The molecule has 1 aliphatic rings. The molecule has 6 atom stereocenters. The number of esters is 1. The number of ether oxygens (including phenoxy) is 4. The van der Waals surface area contributed by atoms with Crippen molar-refractivity contribution in [1.82, 2.24) is 0 Å². The maximum absolute atomic E-state index is 12.6. The molecular formula is C42H82O9. The summed E-state index contributed by atoms with van der Waals surface area (Å²) in [6.07, 6.45) is 28.9. The molecule has 0 aromatic heterocycles. The van der Waals surface area contributed by atoms with Crippen molar-refractivity contribution in [3.05, 3.63) is 0 Å². The first-order valence-corrected chi connectivity index (χ1v) is 21.6. The van der Waals surface area contributed by atoms with Gasteiger partial charge in [0, 0.05) is 13.0 Å². The van der Waals surface area contributed by atoms with Crippen LogP contribution in [0.25, 0.3) is 0 Å². The molecule has 1 aliphatic heterocycles. The van der Waals surface area contributed by atoms with Gasteiger partial charge in [-0.05, 0) is 12.8 Å².